The summed E-state index contributed by atoms with van der Waals surface area (Å²) >= 11 is 5.97. The van der Waals surface area contributed by atoms with Crippen LogP contribution in [0.4, 0.5) is 0 Å². The summed E-state index contributed by atoms with van der Waals surface area (Å²) in [7, 11) is 0. The van der Waals surface area contributed by atoms with Gasteiger partial charge in [0.1, 0.15) is 11.5 Å². The molecule has 0 unspecified atom stereocenters. The van der Waals surface area contributed by atoms with E-state index in [0.29, 0.717) is 22.1 Å². The van der Waals surface area contributed by atoms with E-state index in [1.54, 1.807) is 18.3 Å². The number of aliphatic hydroxyl groups excluding tert-OH is 1. The van der Waals surface area contributed by atoms with Crippen LogP contribution in [0, 0.1) is 0 Å². The van der Waals surface area contributed by atoms with Gasteiger partial charge in [0.2, 0.25) is 0 Å². The smallest absolute Gasteiger partial charge is 0.143 e. The zero-order chi connectivity index (χ0) is 13.9. The largest absolute Gasteiger partial charge is 0.456 e. The average molecular weight is 286 g/mol. The van der Waals surface area contributed by atoms with Crippen molar-refractivity contribution in [3.8, 4) is 11.5 Å². The van der Waals surface area contributed by atoms with Gasteiger partial charge in [-0.3, -0.25) is 4.98 Å². The van der Waals surface area contributed by atoms with Gasteiger partial charge >= 0.3 is 0 Å². The van der Waals surface area contributed by atoms with Crippen LogP contribution in [0.3, 0.4) is 0 Å². The van der Waals surface area contributed by atoms with Gasteiger partial charge in [-0.1, -0.05) is 29.8 Å². The Morgan fingerprint density at radius 1 is 1.10 bits per heavy atom. The van der Waals surface area contributed by atoms with Crippen LogP contribution in [0.5, 0.6) is 11.5 Å². The fourth-order valence-electron chi connectivity index (χ4n) is 2.02. The number of pyridine rings is 1. The van der Waals surface area contributed by atoms with Gasteiger partial charge < -0.3 is 9.84 Å². The monoisotopic (exact) mass is 285 g/mol. The van der Waals surface area contributed by atoms with Crippen molar-refractivity contribution in [2.45, 2.75) is 6.61 Å². The number of aromatic nitrogens is 1. The highest BCUT2D eigenvalue weighted by Crippen LogP contribution is 2.33. The molecule has 0 fully saturated rings. The third kappa shape index (κ3) is 2.46. The first kappa shape index (κ1) is 12.9. The Bertz CT molecular complexity index is 744. The first-order valence-corrected chi connectivity index (χ1v) is 6.56. The molecule has 0 amide bonds. The number of aliphatic hydroxyl groups is 1. The Morgan fingerprint density at radius 2 is 1.90 bits per heavy atom. The van der Waals surface area contributed by atoms with E-state index in [9.17, 15) is 5.11 Å². The number of hydrogen-bond donors (Lipinski definition) is 1. The van der Waals surface area contributed by atoms with Crippen molar-refractivity contribution in [1.29, 1.82) is 0 Å². The summed E-state index contributed by atoms with van der Waals surface area (Å²) in [4.78, 5) is 4.29. The minimum atomic E-state index is -0.131. The Balaban J connectivity index is 2.16. The van der Waals surface area contributed by atoms with Gasteiger partial charge in [0.15, 0.2) is 0 Å². The van der Waals surface area contributed by atoms with E-state index in [1.807, 2.05) is 36.4 Å². The summed E-state index contributed by atoms with van der Waals surface area (Å²) in [5.41, 5.74) is 1.38. The topological polar surface area (TPSA) is 42.4 Å². The van der Waals surface area contributed by atoms with Crippen LogP contribution in [-0.4, -0.2) is 10.1 Å². The van der Waals surface area contributed by atoms with E-state index in [0.717, 1.165) is 10.9 Å². The number of rotatable bonds is 3. The fourth-order valence-corrected chi connectivity index (χ4v) is 2.19. The Labute approximate surface area is 121 Å². The van der Waals surface area contributed by atoms with Gasteiger partial charge in [0.05, 0.1) is 12.1 Å². The number of nitrogens with zero attached hydrogens (tertiary/aromatic N) is 1. The van der Waals surface area contributed by atoms with E-state index in [1.165, 1.54) is 0 Å². The molecule has 3 aromatic rings. The van der Waals surface area contributed by atoms with Gasteiger partial charge in [-0.25, -0.2) is 0 Å². The summed E-state index contributed by atoms with van der Waals surface area (Å²) < 4.78 is 5.91. The zero-order valence-electron chi connectivity index (χ0n) is 10.6. The molecule has 0 bridgehead atoms. The van der Waals surface area contributed by atoms with Crippen molar-refractivity contribution in [2.24, 2.45) is 0 Å². The molecule has 0 spiro atoms. The molecular formula is C16H12ClNO2. The summed E-state index contributed by atoms with van der Waals surface area (Å²) in [6.07, 6.45) is 1.61. The molecule has 0 aliphatic rings. The number of fused-ring (bicyclic) bond motifs is 1. The van der Waals surface area contributed by atoms with Crippen LogP contribution >= 0.6 is 11.6 Å². The van der Waals surface area contributed by atoms with Crippen molar-refractivity contribution in [3.05, 3.63) is 65.3 Å². The maximum absolute atomic E-state index is 9.46. The maximum Gasteiger partial charge on any atom is 0.143 e. The van der Waals surface area contributed by atoms with Gasteiger partial charge in [-0.2, -0.15) is 0 Å². The first-order chi connectivity index (χ1) is 9.78. The number of para-hydroxylation sites is 1. The molecule has 3 rings (SSSR count). The number of halogens is 1. The second kappa shape index (κ2) is 5.49. The second-order valence-electron chi connectivity index (χ2n) is 4.35. The van der Waals surface area contributed by atoms with Crippen LogP contribution in [0.25, 0.3) is 10.9 Å². The van der Waals surface area contributed by atoms with Gasteiger partial charge in [0, 0.05) is 22.2 Å². The second-order valence-corrected chi connectivity index (χ2v) is 4.78. The third-order valence-electron chi connectivity index (χ3n) is 2.99. The summed E-state index contributed by atoms with van der Waals surface area (Å²) in [6.45, 7) is -0.131. The zero-order valence-corrected chi connectivity index (χ0v) is 11.3. The molecule has 0 saturated carbocycles. The molecule has 1 aromatic heterocycles. The molecule has 4 heteroatoms. The summed E-state index contributed by atoms with van der Waals surface area (Å²) in [5, 5.41) is 10.9. The van der Waals surface area contributed by atoms with Gasteiger partial charge in [-0.15, -0.1) is 0 Å². The van der Waals surface area contributed by atoms with Crippen LogP contribution in [0.15, 0.2) is 54.7 Å². The highest BCUT2D eigenvalue weighted by atomic mass is 35.5. The molecule has 20 heavy (non-hydrogen) atoms. The molecule has 1 heterocycles. The van der Waals surface area contributed by atoms with Crippen molar-refractivity contribution >= 4 is 22.5 Å². The third-order valence-corrected chi connectivity index (χ3v) is 3.22. The highest BCUT2D eigenvalue weighted by Gasteiger charge is 2.11. The normalized spacial score (nSPS) is 10.7. The number of hydrogen-bond acceptors (Lipinski definition) is 3. The van der Waals surface area contributed by atoms with Crippen LogP contribution in [-0.2, 0) is 6.61 Å². The number of ether oxygens (including phenoxy) is 1. The van der Waals surface area contributed by atoms with Crippen molar-refractivity contribution in [3.63, 3.8) is 0 Å². The molecule has 1 N–H and O–H groups in total. The molecule has 0 atom stereocenters. The van der Waals surface area contributed by atoms with Gasteiger partial charge in [-0.05, 0) is 30.3 Å². The quantitative estimate of drug-likeness (QED) is 0.785. The lowest BCUT2D eigenvalue weighted by atomic mass is 10.1. The minimum Gasteiger partial charge on any atom is -0.456 e. The summed E-state index contributed by atoms with van der Waals surface area (Å²) in [6, 6.07) is 14.8. The predicted octanol–water partition coefficient (Wildman–Crippen LogP) is 4.17. The van der Waals surface area contributed by atoms with Crippen LogP contribution in [0.2, 0.25) is 5.02 Å². The van der Waals surface area contributed by atoms with E-state index in [4.69, 9.17) is 16.3 Å². The van der Waals surface area contributed by atoms with Gasteiger partial charge in [0.25, 0.3) is 0 Å². The SMILES string of the molecule is OCc1cnc2cc(Cl)ccc2c1Oc1ccccc1. The fraction of sp³-hybridized carbons (Fsp3) is 0.0625. The molecule has 2 aromatic carbocycles. The standard InChI is InChI=1S/C16H12ClNO2/c17-12-6-7-14-15(8-12)18-9-11(10-19)16(14)20-13-4-2-1-3-5-13/h1-9,19H,10H2. The average Bonchev–Trinajstić information content (AvgIpc) is 2.48. The minimum absolute atomic E-state index is 0.131. The van der Waals surface area contributed by atoms with E-state index >= 15 is 0 Å². The van der Waals surface area contributed by atoms with Crippen LogP contribution < -0.4 is 4.74 Å². The summed E-state index contributed by atoms with van der Waals surface area (Å²) in [5.74, 6) is 1.32. The molecule has 0 saturated heterocycles. The Morgan fingerprint density at radius 3 is 2.65 bits per heavy atom. The van der Waals surface area contributed by atoms with E-state index < -0.39 is 0 Å². The maximum atomic E-state index is 9.46. The Kier molecular flexibility index (Phi) is 3.54. The molecule has 100 valence electrons. The molecule has 0 aliphatic heterocycles. The molecule has 0 radical (unpaired) electrons. The first-order valence-electron chi connectivity index (χ1n) is 6.19. The predicted molar refractivity (Wildman–Crippen MR) is 79.2 cm³/mol. The lowest BCUT2D eigenvalue weighted by Gasteiger charge is -2.12. The molecular weight excluding hydrogens is 274 g/mol. The van der Waals surface area contributed by atoms with E-state index in [-0.39, 0.29) is 6.61 Å². The number of benzene rings is 2. The van der Waals surface area contributed by atoms with E-state index in [2.05, 4.69) is 4.98 Å². The lowest BCUT2D eigenvalue weighted by molar-refractivity contribution is 0.276. The molecule has 3 nitrogen and oxygen atoms in total. The molecule has 0 aliphatic carbocycles. The van der Waals surface area contributed by atoms with Crippen molar-refractivity contribution < 1.29 is 9.84 Å². The van der Waals surface area contributed by atoms with Crippen molar-refractivity contribution in [2.75, 3.05) is 0 Å². The van der Waals surface area contributed by atoms with Crippen molar-refractivity contribution in [1.82, 2.24) is 4.98 Å². The lowest BCUT2D eigenvalue weighted by Crippen LogP contribution is -1.95. The Hall–Kier alpha value is -2.10. The van der Waals surface area contributed by atoms with Crippen LogP contribution in [0.1, 0.15) is 5.56 Å². The highest BCUT2D eigenvalue weighted by molar-refractivity contribution is 6.31.